The van der Waals surface area contributed by atoms with Crippen molar-refractivity contribution in [3.63, 3.8) is 0 Å². The van der Waals surface area contributed by atoms with Crippen LogP contribution in [0.3, 0.4) is 0 Å². The zero-order valence-electron chi connectivity index (χ0n) is 16.9. The SMILES string of the molecule is CC(C)(C)OC=O.CC(N)=O.CC1CCC2C(C(=O)OC(C)(C)C)C12. The second-order valence-electron chi connectivity index (χ2n) is 8.79. The van der Waals surface area contributed by atoms with Gasteiger partial charge in [0, 0.05) is 6.92 Å². The molecule has 0 aromatic carbocycles. The van der Waals surface area contributed by atoms with E-state index in [1.54, 1.807) is 0 Å². The van der Waals surface area contributed by atoms with E-state index in [-0.39, 0.29) is 29.0 Å². The monoisotopic (exact) mass is 357 g/mol. The molecule has 25 heavy (non-hydrogen) atoms. The van der Waals surface area contributed by atoms with Crippen LogP contribution < -0.4 is 5.73 Å². The lowest BCUT2D eigenvalue weighted by molar-refractivity contribution is -0.157. The minimum Gasteiger partial charge on any atom is -0.462 e. The molecule has 0 bridgehead atoms. The molecule has 2 fully saturated rings. The van der Waals surface area contributed by atoms with E-state index in [0.29, 0.717) is 18.3 Å². The fourth-order valence-corrected chi connectivity index (χ4v) is 3.04. The summed E-state index contributed by atoms with van der Waals surface area (Å²) in [5.74, 6) is 1.97. The zero-order chi connectivity index (χ0) is 20.0. The molecular formula is C19H35NO5. The average molecular weight is 357 g/mol. The first-order valence-corrected chi connectivity index (χ1v) is 8.80. The van der Waals surface area contributed by atoms with E-state index < -0.39 is 0 Å². The predicted octanol–water partition coefficient (Wildman–Crippen LogP) is 3.07. The molecule has 0 spiro atoms. The van der Waals surface area contributed by atoms with Gasteiger partial charge < -0.3 is 15.2 Å². The fourth-order valence-electron chi connectivity index (χ4n) is 3.04. The maximum atomic E-state index is 11.8. The fraction of sp³-hybridized carbons (Fsp3) is 0.842. The molecule has 4 unspecified atom stereocenters. The summed E-state index contributed by atoms with van der Waals surface area (Å²) in [5.41, 5.74) is 3.83. The number of amides is 1. The molecule has 0 aromatic rings. The topological polar surface area (TPSA) is 95.7 Å². The van der Waals surface area contributed by atoms with Crippen molar-refractivity contribution in [2.75, 3.05) is 0 Å². The highest BCUT2D eigenvalue weighted by Crippen LogP contribution is 2.60. The standard InChI is InChI=1S/C12H20O2.C5H10O2.C2H5NO/c1-7-5-6-8-9(7)10(8)11(13)14-12(2,3)4;1-5(2,3)7-4-6;1-2(3)4/h7-10H,5-6H2,1-4H3;4H,1-3H3;1H3,(H2,3,4). The summed E-state index contributed by atoms with van der Waals surface area (Å²) in [7, 11) is 0. The number of fused-ring (bicyclic) bond motifs is 1. The van der Waals surface area contributed by atoms with Crippen LogP contribution in [0.4, 0.5) is 0 Å². The Morgan fingerprint density at radius 1 is 1.04 bits per heavy atom. The smallest absolute Gasteiger partial charge is 0.310 e. The normalized spacial score (nSPS) is 26.7. The van der Waals surface area contributed by atoms with Gasteiger partial charge in [-0.15, -0.1) is 0 Å². The average Bonchev–Trinajstić information content (AvgIpc) is 2.96. The highest BCUT2D eigenvalue weighted by atomic mass is 16.6. The van der Waals surface area contributed by atoms with Gasteiger partial charge in [0.25, 0.3) is 6.47 Å². The number of hydrogen-bond donors (Lipinski definition) is 1. The Kier molecular flexibility index (Phi) is 8.62. The molecule has 6 heteroatoms. The van der Waals surface area contributed by atoms with Crippen LogP contribution in [-0.4, -0.2) is 29.6 Å². The molecule has 2 aliphatic carbocycles. The third kappa shape index (κ3) is 10.1. The first-order chi connectivity index (χ1) is 11.2. The van der Waals surface area contributed by atoms with Gasteiger partial charge in [-0.2, -0.15) is 0 Å². The summed E-state index contributed by atoms with van der Waals surface area (Å²) in [4.78, 5) is 30.6. The van der Waals surface area contributed by atoms with Gasteiger partial charge in [-0.3, -0.25) is 14.4 Å². The molecule has 2 saturated carbocycles. The highest BCUT2D eigenvalue weighted by Gasteiger charge is 2.61. The summed E-state index contributed by atoms with van der Waals surface area (Å²) < 4.78 is 9.96. The molecule has 2 rings (SSSR count). The van der Waals surface area contributed by atoms with Crippen molar-refractivity contribution in [2.45, 2.75) is 79.4 Å². The van der Waals surface area contributed by atoms with Gasteiger partial charge in [-0.05, 0) is 65.7 Å². The second-order valence-corrected chi connectivity index (χ2v) is 8.79. The van der Waals surface area contributed by atoms with Crippen LogP contribution in [0, 0.1) is 23.7 Å². The van der Waals surface area contributed by atoms with Gasteiger partial charge >= 0.3 is 5.97 Å². The molecule has 6 nitrogen and oxygen atoms in total. The number of primary amides is 1. The predicted molar refractivity (Wildman–Crippen MR) is 96.5 cm³/mol. The van der Waals surface area contributed by atoms with Crippen molar-refractivity contribution < 1.29 is 23.9 Å². The maximum absolute atomic E-state index is 11.8. The number of ether oxygens (including phenoxy) is 2. The van der Waals surface area contributed by atoms with Crippen LogP contribution in [0.5, 0.6) is 0 Å². The van der Waals surface area contributed by atoms with E-state index in [4.69, 9.17) is 4.74 Å². The van der Waals surface area contributed by atoms with Gasteiger partial charge in [0.1, 0.15) is 11.2 Å². The van der Waals surface area contributed by atoms with Crippen LogP contribution in [0.15, 0.2) is 0 Å². The van der Waals surface area contributed by atoms with Gasteiger partial charge in [0.15, 0.2) is 0 Å². The Morgan fingerprint density at radius 3 is 1.76 bits per heavy atom. The summed E-state index contributed by atoms with van der Waals surface area (Å²) in [6, 6.07) is 0. The number of esters is 1. The molecule has 0 heterocycles. The summed E-state index contributed by atoms with van der Waals surface area (Å²) in [6.07, 6.45) is 2.53. The number of rotatable bonds is 2. The number of carbonyl (C=O) groups is 3. The third-order valence-corrected chi connectivity index (χ3v) is 3.92. The second kappa shape index (κ2) is 9.20. The molecule has 2 aliphatic rings. The lowest BCUT2D eigenvalue weighted by Gasteiger charge is -2.20. The van der Waals surface area contributed by atoms with Gasteiger partial charge in [-0.1, -0.05) is 13.3 Å². The van der Waals surface area contributed by atoms with E-state index in [1.807, 2.05) is 41.5 Å². The van der Waals surface area contributed by atoms with E-state index in [9.17, 15) is 14.4 Å². The summed E-state index contributed by atoms with van der Waals surface area (Å²) in [5, 5.41) is 0. The van der Waals surface area contributed by atoms with E-state index >= 15 is 0 Å². The van der Waals surface area contributed by atoms with Crippen LogP contribution in [0.25, 0.3) is 0 Å². The van der Waals surface area contributed by atoms with E-state index in [1.165, 1.54) is 19.8 Å². The van der Waals surface area contributed by atoms with E-state index in [0.717, 1.165) is 5.92 Å². The van der Waals surface area contributed by atoms with Gasteiger partial charge in [-0.25, -0.2) is 0 Å². The zero-order valence-corrected chi connectivity index (χ0v) is 16.9. The maximum Gasteiger partial charge on any atom is 0.310 e. The van der Waals surface area contributed by atoms with Crippen molar-refractivity contribution in [2.24, 2.45) is 29.4 Å². The molecule has 0 radical (unpaired) electrons. The summed E-state index contributed by atoms with van der Waals surface area (Å²) >= 11 is 0. The minimum absolute atomic E-state index is 0.0408. The first-order valence-electron chi connectivity index (χ1n) is 8.80. The quantitative estimate of drug-likeness (QED) is 0.605. The number of carbonyl (C=O) groups excluding carboxylic acids is 3. The molecule has 0 aliphatic heterocycles. The molecular weight excluding hydrogens is 322 g/mol. The largest absolute Gasteiger partial charge is 0.462 e. The van der Waals surface area contributed by atoms with Crippen LogP contribution in [0.1, 0.15) is 68.2 Å². The Hall–Kier alpha value is -1.59. The van der Waals surface area contributed by atoms with Crippen molar-refractivity contribution in [3.05, 3.63) is 0 Å². The lowest BCUT2D eigenvalue weighted by atomic mass is 10.0. The number of nitrogens with two attached hydrogens (primary N) is 1. The van der Waals surface area contributed by atoms with Crippen molar-refractivity contribution >= 4 is 18.3 Å². The van der Waals surface area contributed by atoms with Gasteiger partial charge in [0.05, 0.1) is 5.92 Å². The Morgan fingerprint density at radius 2 is 1.52 bits per heavy atom. The molecule has 0 saturated heterocycles. The Bertz CT molecular complexity index is 457. The number of hydrogen-bond acceptors (Lipinski definition) is 5. The molecule has 1 amide bonds. The van der Waals surface area contributed by atoms with Crippen LogP contribution in [-0.2, 0) is 23.9 Å². The van der Waals surface area contributed by atoms with Gasteiger partial charge in [0.2, 0.25) is 5.91 Å². The van der Waals surface area contributed by atoms with Crippen LogP contribution >= 0.6 is 0 Å². The van der Waals surface area contributed by atoms with E-state index in [2.05, 4.69) is 17.4 Å². The van der Waals surface area contributed by atoms with Crippen LogP contribution in [0.2, 0.25) is 0 Å². The van der Waals surface area contributed by atoms with Crippen molar-refractivity contribution in [1.82, 2.24) is 0 Å². The summed E-state index contributed by atoms with van der Waals surface area (Å²) in [6.45, 7) is 15.3. The minimum atomic E-state index is -0.333. The highest BCUT2D eigenvalue weighted by molar-refractivity contribution is 5.77. The lowest BCUT2D eigenvalue weighted by Crippen LogP contribution is -2.26. The molecule has 0 aromatic heterocycles. The first kappa shape index (κ1) is 23.4. The Labute approximate surface area is 151 Å². The van der Waals surface area contributed by atoms with Crippen molar-refractivity contribution in [1.29, 1.82) is 0 Å². The molecule has 2 N–H and O–H groups in total. The third-order valence-electron chi connectivity index (χ3n) is 3.92. The Balaban J connectivity index is 0.000000442. The molecule has 146 valence electrons. The van der Waals surface area contributed by atoms with Crippen molar-refractivity contribution in [3.8, 4) is 0 Å². The molecule has 4 atom stereocenters.